The van der Waals surface area contributed by atoms with Crippen LogP contribution < -0.4 is 5.32 Å². The number of amides is 1. The normalized spacial score (nSPS) is 10.8. The van der Waals surface area contributed by atoms with Crippen LogP contribution in [-0.4, -0.2) is 20.4 Å². The minimum atomic E-state index is -0.0975. The summed E-state index contributed by atoms with van der Waals surface area (Å²) in [6.07, 6.45) is 2.46. The SMILES string of the molecule is CCc1nc2ccccc2n1CC(=O)Nc1ncccc1C. The Morgan fingerprint density at radius 2 is 2.05 bits per heavy atom. The molecule has 0 saturated carbocycles. The number of carbonyl (C=O) groups excluding carboxylic acids is 1. The molecule has 2 aromatic heterocycles. The lowest BCUT2D eigenvalue weighted by Crippen LogP contribution is -2.21. The molecule has 0 radical (unpaired) electrons. The molecular weight excluding hydrogens is 276 g/mol. The number of anilines is 1. The number of nitrogens with zero attached hydrogens (tertiary/aromatic N) is 3. The van der Waals surface area contributed by atoms with E-state index in [0.29, 0.717) is 5.82 Å². The highest BCUT2D eigenvalue weighted by Crippen LogP contribution is 2.17. The van der Waals surface area contributed by atoms with Gasteiger partial charge in [0.25, 0.3) is 0 Å². The van der Waals surface area contributed by atoms with Crippen LogP contribution in [-0.2, 0) is 17.8 Å². The van der Waals surface area contributed by atoms with Gasteiger partial charge in [0.15, 0.2) is 0 Å². The molecule has 0 aliphatic carbocycles. The monoisotopic (exact) mass is 294 g/mol. The number of hydrogen-bond acceptors (Lipinski definition) is 3. The zero-order chi connectivity index (χ0) is 15.5. The molecule has 0 saturated heterocycles. The molecule has 22 heavy (non-hydrogen) atoms. The second-order valence-corrected chi connectivity index (χ2v) is 5.17. The number of pyridine rings is 1. The van der Waals surface area contributed by atoms with Gasteiger partial charge in [0, 0.05) is 12.6 Å². The fraction of sp³-hybridized carbons (Fsp3) is 0.235. The molecule has 1 aromatic carbocycles. The van der Waals surface area contributed by atoms with Crippen LogP contribution in [0.2, 0.25) is 0 Å². The standard InChI is InChI=1S/C17H18N4O/c1-3-15-19-13-8-4-5-9-14(13)21(15)11-16(22)20-17-12(2)7-6-10-18-17/h4-10H,3,11H2,1-2H3,(H,18,20,22). The van der Waals surface area contributed by atoms with E-state index in [4.69, 9.17) is 0 Å². The molecule has 2 heterocycles. The lowest BCUT2D eigenvalue weighted by Gasteiger charge is -2.10. The molecule has 0 spiro atoms. The van der Waals surface area contributed by atoms with E-state index in [2.05, 4.69) is 15.3 Å². The van der Waals surface area contributed by atoms with Gasteiger partial charge in [-0.3, -0.25) is 4.79 Å². The van der Waals surface area contributed by atoms with Gasteiger partial charge in [-0.25, -0.2) is 9.97 Å². The van der Waals surface area contributed by atoms with Crippen molar-refractivity contribution >= 4 is 22.8 Å². The van der Waals surface area contributed by atoms with Crippen LogP contribution in [0.4, 0.5) is 5.82 Å². The number of para-hydroxylation sites is 2. The molecule has 0 fully saturated rings. The van der Waals surface area contributed by atoms with Crippen molar-refractivity contribution in [2.45, 2.75) is 26.8 Å². The summed E-state index contributed by atoms with van der Waals surface area (Å²) in [5, 5.41) is 2.87. The topological polar surface area (TPSA) is 59.8 Å². The maximum absolute atomic E-state index is 12.3. The smallest absolute Gasteiger partial charge is 0.245 e. The van der Waals surface area contributed by atoms with Crippen molar-refractivity contribution in [2.75, 3.05) is 5.32 Å². The summed E-state index contributed by atoms with van der Waals surface area (Å²) in [5.74, 6) is 1.42. The van der Waals surface area contributed by atoms with Crippen LogP contribution in [0.5, 0.6) is 0 Å². The summed E-state index contributed by atoms with van der Waals surface area (Å²) in [4.78, 5) is 21.1. The van der Waals surface area contributed by atoms with Crippen molar-refractivity contribution in [2.24, 2.45) is 0 Å². The minimum absolute atomic E-state index is 0.0975. The van der Waals surface area contributed by atoms with E-state index in [0.717, 1.165) is 28.8 Å². The summed E-state index contributed by atoms with van der Waals surface area (Å²) in [6.45, 7) is 4.20. The van der Waals surface area contributed by atoms with Gasteiger partial charge in [-0.1, -0.05) is 25.1 Å². The fourth-order valence-corrected chi connectivity index (χ4v) is 2.50. The molecule has 3 rings (SSSR count). The van der Waals surface area contributed by atoms with Crippen LogP contribution in [0.25, 0.3) is 11.0 Å². The third-order valence-electron chi connectivity index (χ3n) is 3.62. The molecule has 0 aliphatic rings. The minimum Gasteiger partial charge on any atom is -0.318 e. The predicted molar refractivity (Wildman–Crippen MR) is 86.7 cm³/mol. The first kappa shape index (κ1) is 14.3. The molecule has 0 atom stereocenters. The van der Waals surface area contributed by atoms with Crippen molar-refractivity contribution in [1.82, 2.24) is 14.5 Å². The molecule has 5 nitrogen and oxygen atoms in total. The third-order valence-corrected chi connectivity index (χ3v) is 3.62. The summed E-state index contributed by atoms with van der Waals surface area (Å²) in [5.41, 5.74) is 2.84. The van der Waals surface area contributed by atoms with Gasteiger partial charge in [0.05, 0.1) is 11.0 Å². The maximum Gasteiger partial charge on any atom is 0.245 e. The second kappa shape index (κ2) is 5.97. The Hall–Kier alpha value is -2.69. The lowest BCUT2D eigenvalue weighted by molar-refractivity contribution is -0.116. The van der Waals surface area contributed by atoms with Gasteiger partial charge in [0.2, 0.25) is 5.91 Å². The van der Waals surface area contributed by atoms with E-state index in [-0.39, 0.29) is 12.5 Å². The zero-order valence-electron chi connectivity index (χ0n) is 12.7. The number of benzene rings is 1. The van der Waals surface area contributed by atoms with Crippen molar-refractivity contribution in [3.63, 3.8) is 0 Å². The van der Waals surface area contributed by atoms with E-state index < -0.39 is 0 Å². The van der Waals surface area contributed by atoms with Crippen molar-refractivity contribution < 1.29 is 4.79 Å². The number of carbonyl (C=O) groups is 1. The number of nitrogens with one attached hydrogen (secondary N) is 1. The van der Waals surface area contributed by atoms with Crippen LogP contribution in [0.1, 0.15) is 18.3 Å². The number of rotatable bonds is 4. The summed E-state index contributed by atoms with van der Waals surface area (Å²) < 4.78 is 1.96. The average molecular weight is 294 g/mol. The molecule has 1 amide bonds. The second-order valence-electron chi connectivity index (χ2n) is 5.17. The number of hydrogen-bond donors (Lipinski definition) is 1. The van der Waals surface area contributed by atoms with E-state index in [9.17, 15) is 4.79 Å². The fourth-order valence-electron chi connectivity index (χ4n) is 2.50. The Balaban J connectivity index is 1.86. The van der Waals surface area contributed by atoms with Crippen molar-refractivity contribution in [3.8, 4) is 0 Å². The first-order valence-corrected chi connectivity index (χ1v) is 7.34. The lowest BCUT2D eigenvalue weighted by atomic mass is 10.3. The van der Waals surface area contributed by atoms with Gasteiger partial charge < -0.3 is 9.88 Å². The molecule has 1 N–H and O–H groups in total. The van der Waals surface area contributed by atoms with E-state index in [1.165, 1.54) is 0 Å². The Kier molecular flexibility index (Phi) is 3.87. The van der Waals surface area contributed by atoms with Crippen LogP contribution in [0.15, 0.2) is 42.6 Å². The molecule has 5 heteroatoms. The van der Waals surface area contributed by atoms with E-state index >= 15 is 0 Å². The predicted octanol–water partition coefficient (Wildman–Crippen LogP) is 2.94. The molecule has 0 aliphatic heterocycles. The Labute approximate surface area is 129 Å². The highest BCUT2D eigenvalue weighted by Gasteiger charge is 2.13. The van der Waals surface area contributed by atoms with Gasteiger partial charge in [0.1, 0.15) is 18.2 Å². The summed E-state index contributed by atoms with van der Waals surface area (Å²) in [6, 6.07) is 11.6. The Morgan fingerprint density at radius 1 is 1.23 bits per heavy atom. The van der Waals surface area contributed by atoms with Crippen LogP contribution in [0.3, 0.4) is 0 Å². The third kappa shape index (κ3) is 2.70. The Bertz CT molecular complexity index is 822. The van der Waals surface area contributed by atoms with E-state index in [1.807, 2.05) is 54.8 Å². The molecule has 0 unspecified atom stereocenters. The highest BCUT2D eigenvalue weighted by molar-refractivity contribution is 5.91. The first-order chi connectivity index (χ1) is 10.7. The number of fused-ring (bicyclic) bond motifs is 1. The van der Waals surface area contributed by atoms with E-state index in [1.54, 1.807) is 6.20 Å². The van der Waals surface area contributed by atoms with Gasteiger partial charge in [-0.2, -0.15) is 0 Å². The van der Waals surface area contributed by atoms with Crippen LogP contribution in [0, 0.1) is 6.92 Å². The number of aryl methyl sites for hydroxylation is 2. The summed E-state index contributed by atoms with van der Waals surface area (Å²) in [7, 11) is 0. The Morgan fingerprint density at radius 3 is 2.82 bits per heavy atom. The largest absolute Gasteiger partial charge is 0.318 e. The van der Waals surface area contributed by atoms with Crippen molar-refractivity contribution in [1.29, 1.82) is 0 Å². The molecular formula is C17H18N4O. The van der Waals surface area contributed by atoms with Crippen molar-refractivity contribution in [3.05, 3.63) is 54.0 Å². The molecule has 3 aromatic rings. The molecule has 0 bridgehead atoms. The molecule has 112 valence electrons. The average Bonchev–Trinajstić information content (AvgIpc) is 2.87. The summed E-state index contributed by atoms with van der Waals surface area (Å²) >= 11 is 0. The van der Waals surface area contributed by atoms with Gasteiger partial charge in [-0.05, 0) is 30.7 Å². The van der Waals surface area contributed by atoms with Gasteiger partial charge >= 0.3 is 0 Å². The number of imidazole rings is 1. The first-order valence-electron chi connectivity index (χ1n) is 7.34. The highest BCUT2D eigenvalue weighted by atomic mass is 16.2. The quantitative estimate of drug-likeness (QED) is 0.805. The maximum atomic E-state index is 12.3. The van der Waals surface area contributed by atoms with Gasteiger partial charge in [-0.15, -0.1) is 0 Å². The zero-order valence-corrected chi connectivity index (χ0v) is 12.7. The van der Waals surface area contributed by atoms with Crippen LogP contribution >= 0.6 is 0 Å². The number of aromatic nitrogens is 3.